The van der Waals surface area contributed by atoms with Crippen LogP contribution in [0.4, 0.5) is 0 Å². The Balaban J connectivity index is 3.30. The Labute approximate surface area is 83.3 Å². The zero-order chi connectivity index (χ0) is 9.90. The third-order valence-corrected chi connectivity index (χ3v) is 2.40. The Morgan fingerprint density at radius 3 is 2.62 bits per heavy atom. The fraction of sp³-hybridized carbons (Fsp3) is 0.182. The topological polar surface area (TPSA) is 23.8 Å². The van der Waals surface area contributed by atoms with Crippen molar-refractivity contribution in [2.45, 2.75) is 12.3 Å². The van der Waals surface area contributed by atoms with Crippen molar-refractivity contribution in [2.75, 3.05) is 0 Å². The molecule has 0 bridgehead atoms. The number of halogens is 1. The maximum absolute atomic E-state index is 8.98. The summed E-state index contributed by atoms with van der Waals surface area (Å²) in [7, 11) is 0. The van der Waals surface area contributed by atoms with Gasteiger partial charge in [0.15, 0.2) is 0 Å². The van der Waals surface area contributed by atoms with Crippen LogP contribution < -0.4 is 0 Å². The van der Waals surface area contributed by atoms with Crippen molar-refractivity contribution in [3.05, 3.63) is 47.5 Å². The third-order valence-electron chi connectivity index (χ3n) is 2.07. The average molecular weight is 192 g/mol. The van der Waals surface area contributed by atoms with Gasteiger partial charge >= 0.3 is 0 Å². The lowest BCUT2D eigenvalue weighted by atomic mass is 9.84. The van der Waals surface area contributed by atoms with Gasteiger partial charge in [-0.2, -0.15) is 5.26 Å². The summed E-state index contributed by atoms with van der Waals surface area (Å²) in [5, 5.41) is 9.59. The zero-order valence-electron chi connectivity index (χ0n) is 7.42. The molecule has 1 nitrogen and oxygen atoms in total. The fourth-order valence-electron chi connectivity index (χ4n) is 1.10. The molecule has 0 spiro atoms. The quantitative estimate of drug-likeness (QED) is 0.658. The van der Waals surface area contributed by atoms with Gasteiger partial charge in [0, 0.05) is 5.02 Å². The van der Waals surface area contributed by atoms with Crippen LogP contribution in [0.5, 0.6) is 0 Å². The molecule has 0 amide bonds. The summed E-state index contributed by atoms with van der Waals surface area (Å²) in [6.45, 7) is 5.43. The van der Waals surface area contributed by atoms with Gasteiger partial charge < -0.3 is 0 Å². The number of hydrogen-bond donors (Lipinski definition) is 0. The summed E-state index contributed by atoms with van der Waals surface area (Å²) in [5.41, 5.74) is 0.104. The monoisotopic (exact) mass is 191 g/mol. The van der Waals surface area contributed by atoms with Crippen LogP contribution in [0.3, 0.4) is 0 Å². The normalized spacial score (nSPS) is 14.2. The van der Waals surface area contributed by atoms with Crippen LogP contribution in [0.25, 0.3) is 0 Å². The van der Waals surface area contributed by atoms with Gasteiger partial charge in [0.1, 0.15) is 0 Å². The van der Waals surface area contributed by atoms with E-state index in [0.717, 1.165) is 5.56 Å². The molecule has 2 heteroatoms. The van der Waals surface area contributed by atoms with Crippen molar-refractivity contribution in [3.63, 3.8) is 0 Å². The van der Waals surface area contributed by atoms with Crippen molar-refractivity contribution in [1.82, 2.24) is 0 Å². The molecule has 0 N–H and O–H groups in total. The number of hydrogen-bond acceptors (Lipinski definition) is 1. The Kier molecular flexibility index (Phi) is 2.75. The minimum absolute atomic E-state index is 0.603. The second kappa shape index (κ2) is 3.64. The summed E-state index contributed by atoms with van der Waals surface area (Å²) >= 11 is 5.97. The third kappa shape index (κ3) is 1.74. The molecule has 0 radical (unpaired) electrons. The Hall–Kier alpha value is -1.26. The molecule has 0 aromatic heterocycles. The van der Waals surface area contributed by atoms with Gasteiger partial charge in [-0.1, -0.05) is 35.9 Å². The molecule has 0 saturated carbocycles. The van der Waals surface area contributed by atoms with Gasteiger partial charge in [-0.25, -0.2) is 0 Å². The molecule has 13 heavy (non-hydrogen) atoms. The number of nitrogens with zero attached hydrogens (tertiary/aromatic N) is 1. The van der Waals surface area contributed by atoms with Crippen LogP contribution >= 0.6 is 11.6 Å². The Morgan fingerprint density at radius 2 is 2.15 bits per heavy atom. The highest BCUT2D eigenvalue weighted by Crippen LogP contribution is 2.30. The summed E-state index contributed by atoms with van der Waals surface area (Å²) in [6.07, 6.45) is 1.61. The van der Waals surface area contributed by atoms with Crippen molar-refractivity contribution < 1.29 is 0 Å². The predicted octanol–water partition coefficient (Wildman–Crippen LogP) is 3.31. The number of rotatable bonds is 2. The SMILES string of the molecule is C=CC(C)(C#N)c1ccccc1Cl. The predicted molar refractivity (Wildman–Crippen MR) is 54.6 cm³/mol. The van der Waals surface area contributed by atoms with E-state index in [1.807, 2.05) is 18.2 Å². The molecule has 1 aromatic carbocycles. The molecule has 1 rings (SSSR count). The van der Waals surface area contributed by atoms with Gasteiger partial charge in [0.2, 0.25) is 0 Å². The van der Waals surface area contributed by atoms with E-state index in [9.17, 15) is 0 Å². The van der Waals surface area contributed by atoms with Gasteiger partial charge in [-0.05, 0) is 18.6 Å². The Bertz CT molecular complexity index is 365. The first kappa shape index (κ1) is 9.83. The molecule has 66 valence electrons. The Morgan fingerprint density at radius 1 is 1.54 bits per heavy atom. The molecule has 0 aliphatic rings. The van der Waals surface area contributed by atoms with Crippen LogP contribution in [-0.4, -0.2) is 0 Å². The van der Waals surface area contributed by atoms with Gasteiger partial charge in [0.05, 0.1) is 11.5 Å². The molecule has 0 heterocycles. The van der Waals surface area contributed by atoms with E-state index >= 15 is 0 Å². The molecule has 1 atom stereocenters. The molecule has 1 unspecified atom stereocenters. The number of nitriles is 1. The van der Waals surface area contributed by atoms with Crippen LogP contribution in [0.2, 0.25) is 5.02 Å². The fourth-order valence-corrected chi connectivity index (χ4v) is 1.43. The number of allylic oxidation sites excluding steroid dienone is 1. The molecule has 0 aliphatic carbocycles. The second-order valence-corrected chi connectivity index (χ2v) is 3.41. The van der Waals surface area contributed by atoms with Gasteiger partial charge in [-0.15, -0.1) is 6.58 Å². The minimum atomic E-state index is -0.696. The van der Waals surface area contributed by atoms with Crippen molar-refractivity contribution in [3.8, 4) is 6.07 Å². The molecular weight excluding hydrogens is 182 g/mol. The summed E-state index contributed by atoms with van der Waals surface area (Å²) in [4.78, 5) is 0. The summed E-state index contributed by atoms with van der Waals surface area (Å²) in [5.74, 6) is 0. The van der Waals surface area contributed by atoms with Crippen LogP contribution in [-0.2, 0) is 5.41 Å². The van der Waals surface area contributed by atoms with Crippen LogP contribution in [0.1, 0.15) is 12.5 Å². The maximum atomic E-state index is 8.98. The van der Waals surface area contributed by atoms with Crippen molar-refractivity contribution in [1.29, 1.82) is 5.26 Å². The van der Waals surface area contributed by atoms with Crippen molar-refractivity contribution in [2.24, 2.45) is 0 Å². The lowest BCUT2D eigenvalue weighted by Gasteiger charge is -2.18. The highest BCUT2D eigenvalue weighted by Gasteiger charge is 2.24. The zero-order valence-corrected chi connectivity index (χ0v) is 8.17. The lowest BCUT2D eigenvalue weighted by Crippen LogP contribution is -2.15. The number of benzene rings is 1. The van der Waals surface area contributed by atoms with Crippen molar-refractivity contribution >= 4 is 11.6 Å². The molecule has 0 saturated heterocycles. The molecule has 0 fully saturated rings. The van der Waals surface area contributed by atoms with Crippen LogP contribution in [0.15, 0.2) is 36.9 Å². The first-order chi connectivity index (χ1) is 6.14. The van der Waals surface area contributed by atoms with E-state index in [1.165, 1.54) is 0 Å². The van der Waals surface area contributed by atoms with Gasteiger partial charge in [0.25, 0.3) is 0 Å². The highest BCUT2D eigenvalue weighted by atomic mass is 35.5. The highest BCUT2D eigenvalue weighted by molar-refractivity contribution is 6.31. The van der Waals surface area contributed by atoms with Crippen LogP contribution in [0, 0.1) is 11.3 Å². The maximum Gasteiger partial charge on any atom is 0.0986 e. The van der Waals surface area contributed by atoms with E-state index in [1.54, 1.807) is 19.1 Å². The first-order valence-electron chi connectivity index (χ1n) is 3.94. The lowest BCUT2D eigenvalue weighted by molar-refractivity contribution is 0.777. The molecule has 1 aromatic rings. The summed E-state index contributed by atoms with van der Waals surface area (Å²) in [6, 6.07) is 9.50. The van der Waals surface area contributed by atoms with E-state index in [2.05, 4.69) is 12.6 Å². The van der Waals surface area contributed by atoms with E-state index in [-0.39, 0.29) is 0 Å². The largest absolute Gasteiger partial charge is 0.197 e. The van der Waals surface area contributed by atoms with E-state index < -0.39 is 5.41 Å². The second-order valence-electron chi connectivity index (χ2n) is 3.00. The summed E-state index contributed by atoms with van der Waals surface area (Å²) < 4.78 is 0. The molecule has 0 aliphatic heterocycles. The van der Waals surface area contributed by atoms with Gasteiger partial charge in [-0.3, -0.25) is 0 Å². The minimum Gasteiger partial charge on any atom is -0.197 e. The smallest absolute Gasteiger partial charge is 0.0986 e. The first-order valence-corrected chi connectivity index (χ1v) is 4.31. The standard InChI is InChI=1S/C11H10ClN/c1-3-11(2,8-13)9-6-4-5-7-10(9)12/h3-7H,1H2,2H3. The van der Waals surface area contributed by atoms with E-state index in [4.69, 9.17) is 16.9 Å². The van der Waals surface area contributed by atoms with E-state index in [0.29, 0.717) is 5.02 Å². The average Bonchev–Trinajstić information content (AvgIpc) is 2.17. The molecular formula is C11H10ClN.